The topological polar surface area (TPSA) is 67.6 Å². The van der Waals surface area contributed by atoms with Crippen LogP contribution in [0, 0.1) is 18.3 Å². The summed E-state index contributed by atoms with van der Waals surface area (Å²) in [5.74, 6) is 0.525. The van der Waals surface area contributed by atoms with Crippen LogP contribution in [0.15, 0.2) is 28.9 Å². The molecule has 0 atom stereocenters. The standard InChI is InChI=1S/C12H11BrN4/c1-8-6-10(13)2-3-11(8)17-12(15)9(4-5-14)7-16-17/h2-3,6-7H,4,15H2,1H3. The zero-order valence-corrected chi connectivity index (χ0v) is 10.9. The molecule has 0 saturated carbocycles. The SMILES string of the molecule is Cc1cc(Br)ccc1-n1ncc(CC#N)c1N. The molecule has 0 bridgehead atoms. The van der Waals surface area contributed by atoms with Crippen molar-refractivity contribution in [3.8, 4) is 11.8 Å². The predicted molar refractivity (Wildman–Crippen MR) is 69.7 cm³/mol. The predicted octanol–water partition coefficient (Wildman–Crippen LogP) is 2.59. The second-order valence-corrected chi connectivity index (χ2v) is 4.65. The summed E-state index contributed by atoms with van der Waals surface area (Å²) in [7, 11) is 0. The van der Waals surface area contributed by atoms with E-state index in [9.17, 15) is 0 Å². The van der Waals surface area contributed by atoms with E-state index in [2.05, 4.69) is 27.1 Å². The summed E-state index contributed by atoms with van der Waals surface area (Å²) < 4.78 is 2.68. The van der Waals surface area contributed by atoms with Gasteiger partial charge in [-0.15, -0.1) is 0 Å². The molecular formula is C12H11BrN4. The smallest absolute Gasteiger partial charge is 0.131 e. The average Bonchev–Trinajstić information content (AvgIpc) is 2.62. The normalized spacial score (nSPS) is 10.2. The molecule has 17 heavy (non-hydrogen) atoms. The zero-order valence-electron chi connectivity index (χ0n) is 9.31. The monoisotopic (exact) mass is 290 g/mol. The summed E-state index contributed by atoms with van der Waals surface area (Å²) in [5.41, 5.74) is 8.72. The Labute approximate surface area is 108 Å². The van der Waals surface area contributed by atoms with E-state index in [1.165, 1.54) is 0 Å². The number of nitrogen functional groups attached to an aromatic ring is 1. The van der Waals surface area contributed by atoms with Gasteiger partial charge in [0.05, 0.1) is 24.4 Å². The van der Waals surface area contributed by atoms with E-state index in [-0.39, 0.29) is 6.42 Å². The van der Waals surface area contributed by atoms with Gasteiger partial charge in [0.15, 0.2) is 0 Å². The van der Waals surface area contributed by atoms with Crippen LogP contribution >= 0.6 is 15.9 Å². The van der Waals surface area contributed by atoms with Gasteiger partial charge >= 0.3 is 0 Å². The second-order valence-electron chi connectivity index (χ2n) is 3.73. The number of benzene rings is 1. The molecular weight excluding hydrogens is 280 g/mol. The number of nitrogens with zero attached hydrogens (tertiary/aromatic N) is 3. The number of halogens is 1. The summed E-state index contributed by atoms with van der Waals surface area (Å²) in [5, 5.41) is 12.9. The molecule has 0 radical (unpaired) electrons. The Morgan fingerprint density at radius 1 is 1.53 bits per heavy atom. The molecule has 0 aliphatic rings. The summed E-state index contributed by atoms with van der Waals surface area (Å²) in [6.45, 7) is 1.99. The lowest BCUT2D eigenvalue weighted by Crippen LogP contribution is -2.04. The van der Waals surface area contributed by atoms with Crippen LogP contribution in [0.1, 0.15) is 11.1 Å². The minimum Gasteiger partial charge on any atom is -0.383 e. The third-order valence-electron chi connectivity index (χ3n) is 2.54. The molecule has 1 heterocycles. The van der Waals surface area contributed by atoms with Crippen LogP contribution in [0.2, 0.25) is 0 Å². The van der Waals surface area contributed by atoms with Crippen LogP contribution in [0.5, 0.6) is 0 Å². The van der Waals surface area contributed by atoms with Crippen molar-refractivity contribution >= 4 is 21.7 Å². The Kier molecular flexibility index (Phi) is 3.16. The number of nitriles is 1. The average molecular weight is 291 g/mol. The van der Waals surface area contributed by atoms with Crippen molar-refractivity contribution in [3.05, 3.63) is 40.0 Å². The van der Waals surface area contributed by atoms with E-state index in [0.29, 0.717) is 5.82 Å². The fourth-order valence-electron chi connectivity index (χ4n) is 1.66. The Morgan fingerprint density at radius 2 is 2.29 bits per heavy atom. The molecule has 0 unspecified atom stereocenters. The summed E-state index contributed by atoms with van der Waals surface area (Å²) in [6, 6.07) is 7.95. The molecule has 2 aromatic rings. The van der Waals surface area contributed by atoms with Gasteiger partial charge in [0, 0.05) is 10.0 Å². The maximum Gasteiger partial charge on any atom is 0.131 e. The largest absolute Gasteiger partial charge is 0.383 e. The number of hydrogen-bond acceptors (Lipinski definition) is 3. The van der Waals surface area contributed by atoms with Crippen molar-refractivity contribution < 1.29 is 0 Å². The summed E-state index contributed by atoms with van der Waals surface area (Å²) >= 11 is 3.41. The Hall–Kier alpha value is -1.80. The van der Waals surface area contributed by atoms with Gasteiger partial charge in [-0.25, -0.2) is 4.68 Å². The molecule has 0 saturated heterocycles. The van der Waals surface area contributed by atoms with Crippen molar-refractivity contribution in [2.45, 2.75) is 13.3 Å². The van der Waals surface area contributed by atoms with Crippen molar-refractivity contribution in [2.24, 2.45) is 0 Å². The lowest BCUT2D eigenvalue weighted by molar-refractivity contribution is 0.882. The van der Waals surface area contributed by atoms with Gasteiger partial charge in [-0.3, -0.25) is 0 Å². The highest BCUT2D eigenvalue weighted by molar-refractivity contribution is 9.10. The minimum absolute atomic E-state index is 0.279. The van der Waals surface area contributed by atoms with Crippen LogP contribution in [-0.2, 0) is 6.42 Å². The maximum absolute atomic E-state index is 8.67. The van der Waals surface area contributed by atoms with Crippen LogP contribution < -0.4 is 5.73 Å². The molecule has 0 aliphatic carbocycles. The molecule has 0 aliphatic heterocycles. The fourth-order valence-corrected chi connectivity index (χ4v) is 2.14. The zero-order chi connectivity index (χ0) is 12.4. The first-order valence-corrected chi connectivity index (χ1v) is 5.88. The molecule has 1 aromatic carbocycles. The number of rotatable bonds is 2. The molecule has 2 rings (SSSR count). The minimum atomic E-state index is 0.279. The van der Waals surface area contributed by atoms with Crippen molar-refractivity contribution in [2.75, 3.05) is 5.73 Å². The highest BCUT2D eigenvalue weighted by atomic mass is 79.9. The summed E-state index contributed by atoms with van der Waals surface area (Å²) in [6.07, 6.45) is 1.92. The number of hydrogen-bond donors (Lipinski definition) is 1. The van der Waals surface area contributed by atoms with E-state index < -0.39 is 0 Å². The number of aryl methyl sites for hydroxylation is 1. The van der Waals surface area contributed by atoms with Crippen LogP contribution in [0.4, 0.5) is 5.82 Å². The van der Waals surface area contributed by atoms with Crippen LogP contribution in [-0.4, -0.2) is 9.78 Å². The molecule has 0 fully saturated rings. The lowest BCUT2D eigenvalue weighted by Gasteiger charge is -2.08. The van der Waals surface area contributed by atoms with E-state index in [1.54, 1.807) is 10.9 Å². The van der Waals surface area contributed by atoms with Gasteiger partial charge in [-0.1, -0.05) is 15.9 Å². The molecule has 86 valence electrons. The quantitative estimate of drug-likeness (QED) is 0.924. The van der Waals surface area contributed by atoms with Gasteiger partial charge < -0.3 is 5.73 Å². The lowest BCUT2D eigenvalue weighted by atomic mass is 10.2. The highest BCUT2D eigenvalue weighted by Gasteiger charge is 2.10. The van der Waals surface area contributed by atoms with Gasteiger partial charge in [-0.05, 0) is 30.7 Å². The molecule has 0 spiro atoms. The number of nitrogens with two attached hydrogens (primary N) is 1. The van der Waals surface area contributed by atoms with Gasteiger partial charge in [-0.2, -0.15) is 10.4 Å². The van der Waals surface area contributed by atoms with Gasteiger partial charge in [0.2, 0.25) is 0 Å². The Bertz CT molecular complexity index is 595. The molecule has 4 nitrogen and oxygen atoms in total. The van der Waals surface area contributed by atoms with Crippen LogP contribution in [0.25, 0.3) is 5.69 Å². The van der Waals surface area contributed by atoms with Crippen LogP contribution in [0.3, 0.4) is 0 Å². The van der Waals surface area contributed by atoms with Crippen molar-refractivity contribution in [1.82, 2.24) is 9.78 Å². The summed E-state index contributed by atoms with van der Waals surface area (Å²) in [4.78, 5) is 0. The van der Waals surface area contributed by atoms with E-state index >= 15 is 0 Å². The van der Waals surface area contributed by atoms with E-state index in [1.807, 2.05) is 25.1 Å². The number of anilines is 1. The molecule has 0 amide bonds. The van der Waals surface area contributed by atoms with Gasteiger partial charge in [0.1, 0.15) is 5.82 Å². The van der Waals surface area contributed by atoms with E-state index in [4.69, 9.17) is 11.0 Å². The highest BCUT2D eigenvalue weighted by Crippen LogP contribution is 2.23. The molecule has 5 heteroatoms. The Morgan fingerprint density at radius 3 is 2.94 bits per heavy atom. The third kappa shape index (κ3) is 2.17. The van der Waals surface area contributed by atoms with Crippen molar-refractivity contribution in [1.29, 1.82) is 5.26 Å². The number of aromatic nitrogens is 2. The second kappa shape index (κ2) is 4.60. The Balaban J connectivity index is 2.50. The van der Waals surface area contributed by atoms with Gasteiger partial charge in [0.25, 0.3) is 0 Å². The first-order chi connectivity index (χ1) is 8.13. The first kappa shape index (κ1) is 11.7. The molecule has 1 aromatic heterocycles. The van der Waals surface area contributed by atoms with E-state index in [0.717, 1.165) is 21.3 Å². The third-order valence-corrected chi connectivity index (χ3v) is 3.04. The maximum atomic E-state index is 8.67. The van der Waals surface area contributed by atoms with Crippen molar-refractivity contribution in [3.63, 3.8) is 0 Å². The fraction of sp³-hybridized carbons (Fsp3) is 0.167. The first-order valence-electron chi connectivity index (χ1n) is 5.09. The molecule has 2 N–H and O–H groups in total.